The van der Waals surface area contributed by atoms with Gasteiger partial charge >= 0.3 is 118 Å². The van der Waals surface area contributed by atoms with Crippen molar-refractivity contribution in [3.63, 3.8) is 0 Å². The predicted octanol–water partition coefficient (Wildman–Crippen LogP) is 7.12. The Labute approximate surface area is 117 Å². The van der Waals surface area contributed by atoms with E-state index in [2.05, 4.69) is 20.8 Å². The van der Waals surface area contributed by atoms with Crippen LogP contribution in [-0.2, 0) is 15.5 Å². The maximum absolute atomic E-state index is 7.03. The first-order valence-electron chi connectivity index (χ1n) is 7.87. The topological polar surface area (TPSA) is 0 Å². The summed E-state index contributed by atoms with van der Waals surface area (Å²) in [7, 11) is 7.03. The first-order valence-corrected chi connectivity index (χ1v) is 13.3. The van der Waals surface area contributed by atoms with Gasteiger partial charge in [0.1, 0.15) is 0 Å². The Morgan fingerprint density at radius 2 is 0.882 bits per heavy atom. The summed E-state index contributed by atoms with van der Waals surface area (Å²) in [6.07, 6.45) is 12.4. The van der Waals surface area contributed by atoms with Crippen molar-refractivity contribution in [3.05, 3.63) is 0 Å². The molecule has 0 aliphatic carbocycles. The predicted molar refractivity (Wildman–Crippen MR) is 78.8 cm³/mol. The van der Waals surface area contributed by atoms with E-state index in [1.165, 1.54) is 72.0 Å². The van der Waals surface area contributed by atoms with Gasteiger partial charge in [-0.3, -0.25) is 0 Å². The van der Waals surface area contributed by atoms with Crippen LogP contribution in [-0.4, -0.2) is 0 Å². The molecular formula is C15H33ClTi. The van der Waals surface area contributed by atoms with Gasteiger partial charge in [-0.1, -0.05) is 0 Å². The Morgan fingerprint density at radius 1 is 0.588 bits per heavy atom. The summed E-state index contributed by atoms with van der Waals surface area (Å²) in [5.74, 6) is 0. The first-order chi connectivity index (χ1) is 8.18. The van der Waals surface area contributed by atoms with E-state index in [0.717, 1.165) is 0 Å². The molecule has 0 rings (SSSR count). The average Bonchev–Trinajstić information content (AvgIpc) is 2.30. The maximum atomic E-state index is 7.03. The molecule has 0 N–H and O–H groups in total. The van der Waals surface area contributed by atoms with Crippen LogP contribution in [0.4, 0.5) is 0 Å². The van der Waals surface area contributed by atoms with E-state index in [4.69, 9.17) is 9.30 Å². The van der Waals surface area contributed by atoms with Crippen LogP contribution in [0.3, 0.4) is 0 Å². The summed E-state index contributed by atoms with van der Waals surface area (Å²) in [6.45, 7) is 6.87. The number of halogens is 1. The molecule has 0 bridgehead atoms. The Hall–Kier alpha value is 1.00. The summed E-state index contributed by atoms with van der Waals surface area (Å²) in [6, 6.07) is 0. The Kier molecular flexibility index (Phi) is 12.8. The van der Waals surface area contributed by atoms with Crippen molar-refractivity contribution in [2.75, 3.05) is 0 Å². The van der Waals surface area contributed by atoms with Crippen molar-refractivity contribution >= 4 is 9.30 Å². The van der Waals surface area contributed by atoms with Crippen molar-refractivity contribution in [2.45, 2.75) is 92.7 Å². The van der Waals surface area contributed by atoms with Crippen LogP contribution in [0.25, 0.3) is 0 Å². The van der Waals surface area contributed by atoms with Gasteiger partial charge in [0.2, 0.25) is 0 Å². The zero-order chi connectivity index (χ0) is 13.0. The summed E-state index contributed by atoms with van der Waals surface area (Å²) in [5, 5.41) is 0. The molecule has 0 aliphatic heterocycles. The Bertz CT molecular complexity index is 132. The van der Waals surface area contributed by atoms with E-state index in [-0.39, 0.29) is 0 Å². The molecule has 0 unspecified atom stereocenters. The summed E-state index contributed by atoms with van der Waals surface area (Å²) in [5.41, 5.74) is 0. The summed E-state index contributed by atoms with van der Waals surface area (Å²) in [4.78, 5) is 0. The van der Waals surface area contributed by atoms with Crippen LogP contribution < -0.4 is 0 Å². The van der Waals surface area contributed by atoms with Gasteiger partial charge in [0.25, 0.3) is 0 Å². The molecule has 17 heavy (non-hydrogen) atoms. The normalized spacial score (nSPS) is 12.0. The number of unbranched alkanes of at least 4 members (excludes halogenated alkanes) is 6. The summed E-state index contributed by atoms with van der Waals surface area (Å²) >= 11 is -1.92. The van der Waals surface area contributed by atoms with Crippen LogP contribution in [0.1, 0.15) is 78.6 Å². The van der Waals surface area contributed by atoms with Crippen molar-refractivity contribution in [1.29, 1.82) is 0 Å². The molecule has 2 heteroatoms. The Balaban J connectivity index is 3.95. The van der Waals surface area contributed by atoms with Gasteiger partial charge in [-0.15, -0.1) is 0 Å². The average molecular weight is 297 g/mol. The minimum absolute atomic E-state index is 1.33. The standard InChI is InChI=1S/3C5H11.ClH.Ti/c3*1-3-5-4-2;;/h3*1,3-5H2,2H3;1H;/q;;;;+1/p-1. The van der Waals surface area contributed by atoms with E-state index in [0.29, 0.717) is 0 Å². The molecular weight excluding hydrogens is 263 g/mol. The quantitative estimate of drug-likeness (QED) is 0.266. The monoisotopic (exact) mass is 296 g/mol. The molecule has 0 spiro atoms. The third kappa shape index (κ3) is 10.6. The van der Waals surface area contributed by atoms with Gasteiger partial charge in [-0.25, -0.2) is 0 Å². The van der Waals surface area contributed by atoms with Gasteiger partial charge in [-0.05, 0) is 0 Å². The minimum atomic E-state index is -1.92. The molecule has 0 aromatic heterocycles. The molecule has 0 atom stereocenters. The number of hydrogen-bond donors (Lipinski definition) is 0. The van der Waals surface area contributed by atoms with E-state index in [1.54, 1.807) is 0 Å². The second-order valence-corrected chi connectivity index (χ2v) is 14.8. The van der Waals surface area contributed by atoms with Crippen molar-refractivity contribution in [2.24, 2.45) is 0 Å². The number of rotatable bonds is 12. The van der Waals surface area contributed by atoms with Crippen LogP contribution >= 0.6 is 9.30 Å². The van der Waals surface area contributed by atoms with Crippen LogP contribution in [0.2, 0.25) is 14.2 Å². The van der Waals surface area contributed by atoms with Crippen LogP contribution in [0.15, 0.2) is 0 Å². The molecule has 0 heterocycles. The SMILES string of the molecule is CCCC[CH2][Ti]([Cl])([CH2]CCCC)[CH2]CCCC. The second-order valence-electron chi connectivity index (χ2n) is 5.52. The van der Waals surface area contributed by atoms with Crippen molar-refractivity contribution in [3.8, 4) is 0 Å². The van der Waals surface area contributed by atoms with Gasteiger partial charge in [0.15, 0.2) is 0 Å². The van der Waals surface area contributed by atoms with Gasteiger partial charge < -0.3 is 0 Å². The molecule has 0 aliphatic rings. The molecule has 0 saturated carbocycles. The molecule has 0 fully saturated rings. The van der Waals surface area contributed by atoms with Gasteiger partial charge in [-0.2, -0.15) is 0 Å². The molecule has 0 saturated heterocycles. The van der Waals surface area contributed by atoms with Crippen LogP contribution in [0, 0.1) is 0 Å². The van der Waals surface area contributed by atoms with E-state index < -0.39 is 15.5 Å². The van der Waals surface area contributed by atoms with Crippen LogP contribution in [0.5, 0.6) is 0 Å². The Morgan fingerprint density at radius 3 is 1.12 bits per heavy atom. The summed E-state index contributed by atoms with van der Waals surface area (Å²) < 4.78 is 4.26. The third-order valence-corrected chi connectivity index (χ3v) is 11.9. The van der Waals surface area contributed by atoms with Crippen molar-refractivity contribution < 1.29 is 15.5 Å². The van der Waals surface area contributed by atoms with E-state index in [1.807, 2.05) is 0 Å². The van der Waals surface area contributed by atoms with Gasteiger partial charge in [0.05, 0.1) is 0 Å². The van der Waals surface area contributed by atoms with E-state index in [9.17, 15) is 0 Å². The molecule has 104 valence electrons. The molecule has 0 aromatic rings. The zero-order valence-corrected chi connectivity index (χ0v) is 14.7. The fourth-order valence-corrected chi connectivity index (χ4v) is 9.41. The molecule has 0 aromatic carbocycles. The third-order valence-electron chi connectivity index (χ3n) is 3.69. The zero-order valence-electron chi connectivity index (χ0n) is 12.4. The van der Waals surface area contributed by atoms with Gasteiger partial charge in [0, 0.05) is 0 Å². The molecule has 0 radical (unpaired) electrons. The number of hydrogen-bond acceptors (Lipinski definition) is 0. The molecule has 0 amide bonds. The fraction of sp³-hybridized carbons (Fsp3) is 1.00. The molecule has 0 nitrogen and oxygen atoms in total. The second kappa shape index (κ2) is 12.1. The van der Waals surface area contributed by atoms with E-state index >= 15 is 0 Å². The van der Waals surface area contributed by atoms with Crippen molar-refractivity contribution in [1.82, 2.24) is 0 Å². The first kappa shape index (κ1) is 18.0. The fourth-order valence-electron chi connectivity index (χ4n) is 2.45.